The number of allylic oxidation sites excluding steroid dienone is 2. The van der Waals surface area contributed by atoms with Gasteiger partial charge in [0.25, 0.3) is 0 Å². The van der Waals surface area contributed by atoms with Crippen molar-refractivity contribution in [2.24, 2.45) is 0 Å². The van der Waals surface area contributed by atoms with Crippen LogP contribution >= 0.6 is 50.9 Å². The first-order valence-corrected chi connectivity index (χ1v) is 15.5. The summed E-state index contributed by atoms with van der Waals surface area (Å²) in [7, 11) is 0. The van der Waals surface area contributed by atoms with E-state index in [0.717, 1.165) is 11.1 Å². The highest BCUT2D eigenvalue weighted by molar-refractivity contribution is 9.10. The predicted octanol–water partition coefficient (Wildman–Crippen LogP) is 8.63. The van der Waals surface area contributed by atoms with E-state index in [2.05, 4.69) is 21.2 Å². The number of ether oxygens (including phenoxy) is 2. The van der Waals surface area contributed by atoms with E-state index in [4.69, 9.17) is 42.8 Å². The molecule has 1 N–H and O–H groups in total. The first-order chi connectivity index (χ1) is 20.2. The average molecular weight is 692 g/mol. The van der Waals surface area contributed by atoms with Gasteiger partial charge in [0.05, 0.1) is 16.1 Å². The maximum absolute atomic E-state index is 14.4. The molecule has 1 atom stereocenters. The standard InChI is InChI=1S/C30H26BrCl2FN4O3S/c1-4-40-25-13-19(12-21(31)28(25)41-14-20-23(33)10-7-11-24(20)34)27-26(17(3)39)16(2)35-29-36-30(37-38(27)29)42-15-18-8-5-6-9-22(18)32/h5-13,27H,4,14-15H2,1-3H3,(H,35,36,37). The van der Waals surface area contributed by atoms with Crippen LogP contribution in [0.5, 0.6) is 11.5 Å². The first-order valence-electron chi connectivity index (χ1n) is 13.0. The van der Waals surface area contributed by atoms with E-state index in [9.17, 15) is 9.18 Å². The van der Waals surface area contributed by atoms with Gasteiger partial charge in [-0.05, 0) is 78.2 Å². The van der Waals surface area contributed by atoms with Crippen molar-refractivity contribution in [2.45, 2.75) is 44.3 Å². The summed E-state index contributed by atoms with van der Waals surface area (Å²) in [5.74, 6) is 1.32. The minimum atomic E-state index is -0.591. The minimum Gasteiger partial charge on any atom is -0.490 e. The Balaban J connectivity index is 1.51. The van der Waals surface area contributed by atoms with Crippen molar-refractivity contribution in [1.29, 1.82) is 0 Å². The number of nitrogens with one attached hydrogen (secondary N) is 1. The van der Waals surface area contributed by atoms with Crippen LogP contribution in [0.4, 0.5) is 10.3 Å². The Morgan fingerprint density at radius 1 is 1.14 bits per heavy atom. The van der Waals surface area contributed by atoms with E-state index in [-0.39, 0.29) is 23.0 Å². The van der Waals surface area contributed by atoms with Gasteiger partial charge < -0.3 is 14.8 Å². The predicted molar refractivity (Wildman–Crippen MR) is 167 cm³/mol. The van der Waals surface area contributed by atoms with Crippen molar-refractivity contribution in [3.05, 3.63) is 103 Å². The lowest BCUT2D eigenvalue weighted by atomic mass is 9.93. The molecule has 1 aliphatic heterocycles. The Kier molecular flexibility index (Phi) is 9.47. The van der Waals surface area contributed by atoms with Crippen LogP contribution in [0.3, 0.4) is 0 Å². The summed E-state index contributed by atoms with van der Waals surface area (Å²) in [6, 6.07) is 15.2. The number of carbonyl (C=O) groups excluding carboxylic acids is 1. The van der Waals surface area contributed by atoms with Crippen LogP contribution in [0.1, 0.15) is 43.5 Å². The third-order valence-corrected chi connectivity index (χ3v) is 8.80. The second kappa shape index (κ2) is 13.1. The van der Waals surface area contributed by atoms with Gasteiger partial charge in [0.2, 0.25) is 11.1 Å². The molecule has 1 aromatic heterocycles. The summed E-state index contributed by atoms with van der Waals surface area (Å²) < 4.78 is 28.6. The molecule has 12 heteroatoms. The van der Waals surface area contributed by atoms with Crippen molar-refractivity contribution in [3.8, 4) is 11.5 Å². The molecule has 1 aliphatic rings. The van der Waals surface area contributed by atoms with Crippen LogP contribution in [0.2, 0.25) is 10.0 Å². The van der Waals surface area contributed by atoms with Gasteiger partial charge in [-0.15, -0.1) is 5.10 Å². The van der Waals surface area contributed by atoms with E-state index in [1.165, 1.54) is 30.8 Å². The van der Waals surface area contributed by atoms with Gasteiger partial charge in [0.1, 0.15) is 18.5 Å². The summed E-state index contributed by atoms with van der Waals surface area (Å²) >= 11 is 17.6. The van der Waals surface area contributed by atoms with E-state index in [1.54, 1.807) is 16.8 Å². The van der Waals surface area contributed by atoms with Gasteiger partial charge in [-0.2, -0.15) is 4.98 Å². The number of fused-ring (bicyclic) bond motifs is 1. The van der Waals surface area contributed by atoms with E-state index in [1.807, 2.05) is 44.2 Å². The molecule has 0 radical (unpaired) electrons. The van der Waals surface area contributed by atoms with E-state index < -0.39 is 11.9 Å². The molecular formula is C30H26BrCl2FN4O3S. The third-order valence-electron chi connectivity index (χ3n) is 6.60. The number of carbonyl (C=O) groups is 1. The Morgan fingerprint density at radius 3 is 2.62 bits per heavy atom. The van der Waals surface area contributed by atoms with Gasteiger partial charge in [-0.25, -0.2) is 9.07 Å². The van der Waals surface area contributed by atoms with Crippen LogP contribution in [0.25, 0.3) is 0 Å². The normalized spacial score (nSPS) is 14.4. The molecule has 0 saturated heterocycles. The number of rotatable bonds is 10. The van der Waals surface area contributed by atoms with Crippen molar-refractivity contribution in [2.75, 3.05) is 11.9 Å². The van der Waals surface area contributed by atoms with Crippen molar-refractivity contribution >= 4 is 62.6 Å². The van der Waals surface area contributed by atoms with Gasteiger partial charge in [0, 0.05) is 27.6 Å². The van der Waals surface area contributed by atoms with Gasteiger partial charge >= 0.3 is 0 Å². The zero-order valence-corrected chi connectivity index (χ0v) is 26.8. The summed E-state index contributed by atoms with van der Waals surface area (Å²) in [5.41, 5.74) is 3.15. The summed E-state index contributed by atoms with van der Waals surface area (Å²) in [6.45, 7) is 5.47. The van der Waals surface area contributed by atoms with Crippen LogP contribution < -0.4 is 14.8 Å². The number of Topliss-reactive ketones (excluding diaryl/α,β-unsaturated/α-hetero) is 1. The molecule has 0 saturated carbocycles. The highest BCUT2D eigenvalue weighted by Gasteiger charge is 2.34. The summed E-state index contributed by atoms with van der Waals surface area (Å²) in [6.07, 6.45) is 0. The number of aromatic nitrogens is 3. The number of hydrogen-bond donors (Lipinski definition) is 1. The van der Waals surface area contributed by atoms with Crippen LogP contribution in [0, 0.1) is 5.82 Å². The van der Waals surface area contributed by atoms with Crippen LogP contribution in [0.15, 0.2) is 75.5 Å². The fourth-order valence-electron chi connectivity index (χ4n) is 4.68. The van der Waals surface area contributed by atoms with E-state index in [0.29, 0.717) is 55.7 Å². The molecule has 7 nitrogen and oxygen atoms in total. The molecule has 3 aromatic carbocycles. The van der Waals surface area contributed by atoms with Crippen molar-refractivity contribution in [3.63, 3.8) is 0 Å². The number of halogens is 4. The molecule has 42 heavy (non-hydrogen) atoms. The number of nitrogens with zero attached hydrogens (tertiary/aromatic N) is 3. The Labute approximate surface area is 265 Å². The third kappa shape index (κ3) is 6.32. The number of anilines is 1. The largest absolute Gasteiger partial charge is 0.490 e. The number of thioether (sulfide) groups is 1. The second-order valence-electron chi connectivity index (χ2n) is 9.42. The summed E-state index contributed by atoms with van der Waals surface area (Å²) in [4.78, 5) is 17.6. The second-order valence-corrected chi connectivity index (χ2v) is 12.0. The highest BCUT2D eigenvalue weighted by atomic mass is 79.9. The lowest BCUT2D eigenvalue weighted by Gasteiger charge is -2.29. The molecule has 5 rings (SSSR count). The molecule has 1 unspecified atom stereocenters. The molecule has 218 valence electrons. The topological polar surface area (TPSA) is 78.3 Å². The molecule has 0 fully saturated rings. The monoisotopic (exact) mass is 690 g/mol. The summed E-state index contributed by atoms with van der Waals surface area (Å²) in [5, 5.41) is 9.48. The van der Waals surface area contributed by atoms with Gasteiger partial charge in [-0.1, -0.05) is 59.2 Å². The number of hydrogen-bond acceptors (Lipinski definition) is 7. The van der Waals surface area contributed by atoms with Gasteiger partial charge in [0.15, 0.2) is 17.3 Å². The minimum absolute atomic E-state index is 0.103. The molecule has 0 bridgehead atoms. The maximum Gasteiger partial charge on any atom is 0.227 e. The molecule has 0 spiro atoms. The number of ketones is 1. The average Bonchev–Trinajstić information content (AvgIpc) is 3.34. The fourth-order valence-corrected chi connectivity index (χ4v) is 6.58. The fraction of sp³-hybridized carbons (Fsp3) is 0.233. The maximum atomic E-state index is 14.4. The SMILES string of the molecule is CCOc1cc(C2C(C(C)=O)=C(C)Nc3nc(SCc4ccccc4Cl)nn32)cc(Br)c1OCc1c(F)cccc1Cl. The first kappa shape index (κ1) is 30.4. The zero-order chi connectivity index (χ0) is 30.0. The van der Waals surface area contributed by atoms with Crippen molar-refractivity contribution in [1.82, 2.24) is 14.8 Å². The quantitative estimate of drug-likeness (QED) is 0.167. The Morgan fingerprint density at radius 2 is 1.90 bits per heavy atom. The molecule has 0 amide bonds. The molecule has 0 aliphatic carbocycles. The zero-order valence-electron chi connectivity index (χ0n) is 22.9. The van der Waals surface area contributed by atoms with E-state index >= 15 is 0 Å². The van der Waals surface area contributed by atoms with Crippen molar-refractivity contribution < 1.29 is 18.7 Å². The lowest BCUT2D eigenvalue weighted by molar-refractivity contribution is -0.114. The molecule has 4 aromatic rings. The Hall–Kier alpha value is -3.05. The Bertz CT molecular complexity index is 1680. The van der Waals surface area contributed by atoms with Crippen LogP contribution in [-0.4, -0.2) is 27.2 Å². The number of benzene rings is 3. The smallest absolute Gasteiger partial charge is 0.227 e. The molecular weight excluding hydrogens is 666 g/mol. The van der Waals surface area contributed by atoms with Crippen LogP contribution in [-0.2, 0) is 17.2 Å². The molecule has 2 heterocycles. The lowest BCUT2D eigenvalue weighted by Crippen LogP contribution is -2.28. The van der Waals surface area contributed by atoms with Gasteiger partial charge in [-0.3, -0.25) is 4.79 Å². The highest BCUT2D eigenvalue weighted by Crippen LogP contribution is 2.44.